The molecule has 1 aliphatic rings. The molecule has 0 saturated carbocycles. The van der Waals surface area contributed by atoms with Gasteiger partial charge in [-0.15, -0.1) is 0 Å². The Labute approximate surface area is 178 Å². The zero-order chi connectivity index (χ0) is 22.7. The lowest BCUT2D eigenvalue weighted by molar-refractivity contribution is 0.0303. The van der Waals surface area contributed by atoms with Gasteiger partial charge in [0.2, 0.25) is 0 Å². The second-order valence-electron chi connectivity index (χ2n) is 9.65. The minimum atomic E-state index is -0.724. The van der Waals surface area contributed by atoms with Crippen molar-refractivity contribution in [2.24, 2.45) is 5.92 Å². The number of hydrogen-bond acceptors (Lipinski definition) is 7. The molecule has 0 aromatic carbocycles. The molecule has 3 unspecified atom stereocenters. The van der Waals surface area contributed by atoms with Crippen molar-refractivity contribution in [1.29, 1.82) is 0 Å². The molecule has 9 heteroatoms. The Balaban J connectivity index is 2.17. The van der Waals surface area contributed by atoms with Crippen LogP contribution in [0.3, 0.4) is 0 Å². The smallest absolute Gasteiger partial charge is 0.412 e. The lowest BCUT2D eigenvalue weighted by Gasteiger charge is -2.42. The molecule has 0 spiro atoms. The number of ether oxygens (including phenoxy) is 2. The highest BCUT2D eigenvalue weighted by Crippen LogP contribution is 2.30. The number of carbonyl (C=O) groups is 2. The number of anilines is 2. The van der Waals surface area contributed by atoms with E-state index in [-0.39, 0.29) is 5.92 Å². The second kappa shape index (κ2) is 9.07. The first-order valence-electron chi connectivity index (χ1n) is 10.1. The third-order valence-corrected chi connectivity index (χ3v) is 4.40. The van der Waals surface area contributed by atoms with Crippen LogP contribution in [0.5, 0.6) is 0 Å². The third-order valence-electron chi connectivity index (χ3n) is 4.40. The summed E-state index contributed by atoms with van der Waals surface area (Å²) in [5, 5.41) is 16.1. The minimum absolute atomic E-state index is 0.124. The number of aromatic nitrogens is 1. The Bertz CT molecular complexity index is 756. The lowest BCUT2D eigenvalue weighted by Crippen LogP contribution is -2.59. The highest BCUT2D eigenvalue weighted by Gasteiger charge is 2.36. The Hall–Kier alpha value is -2.55. The SMILES string of the molecule is CC1CN(c2ccncc2NC(=O)OC(C)(C)C)CC(NC(=O)OC(C)(C)C)C1O. The van der Waals surface area contributed by atoms with Crippen molar-refractivity contribution in [3.8, 4) is 0 Å². The molecule has 2 amide bonds. The van der Waals surface area contributed by atoms with Crippen LogP contribution in [0, 0.1) is 5.92 Å². The molecule has 2 rings (SSSR count). The fraction of sp³-hybridized carbons (Fsp3) is 0.667. The van der Waals surface area contributed by atoms with E-state index in [1.165, 1.54) is 0 Å². The summed E-state index contributed by atoms with van der Waals surface area (Å²) in [5.41, 5.74) is -0.0413. The summed E-state index contributed by atoms with van der Waals surface area (Å²) in [6.45, 7) is 13.5. The minimum Gasteiger partial charge on any atom is -0.444 e. The van der Waals surface area contributed by atoms with Gasteiger partial charge < -0.3 is 24.8 Å². The molecule has 1 aliphatic heterocycles. The zero-order valence-corrected chi connectivity index (χ0v) is 18.9. The molecule has 1 aromatic heterocycles. The van der Waals surface area contributed by atoms with Crippen molar-refractivity contribution in [2.45, 2.75) is 71.8 Å². The quantitative estimate of drug-likeness (QED) is 0.686. The number of hydrogen-bond donors (Lipinski definition) is 3. The van der Waals surface area contributed by atoms with E-state index in [4.69, 9.17) is 9.47 Å². The van der Waals surface area contributed by atoms with Crippen molar-refractivity contribution in [3.63, 3.8) is 0 Å². The normalized spacial score (nSPS) is 22.3. The fourth-order valence-electron chi connectivity index (χ4n) is 3.23. The van der Waals surface area contributed by atoms with E-state index in [9.17, 15) is 14.7 Å². The van der Waals surface area contributed by atoms with E-state index in [1.807, 2.05) is 11.8 Å². The lowest BCUT2D eigenvalue weighted by atomic mass is 9.92. The average Bonchev–Trinajstić information content (AvgIpc) is 2.55. The maximum atomic E-state index is 12.2. The Morgan fingerprint density at radius 2 is 1.70 bits per heavy atom. The van der Waals surface area contributed by atoms with Gasteiger partial charge in [0.15, 0.2) is 0 Å². The molecular formula is C21H34N4O5. The van der Waals surface area contributed by atoms with Gasteiger partial charge in [-0.2, -0.15) is 0 Å². The number of aliphatic hydroxyl groups excluding tert-OH is 1. The topological polar surface area (TPSA) is 113 Å². The van der Waals surface area contributed by atoms with Crippen molar-refractivity contribution < 1.29 is 24.2 Å². The first kappa shape index (κ1) is 23.7. The molecule has 0 bridgehead atoms. The molecule has 3 N–H and O–H groups in total. The molecular weight excluding hydrogens is 388 g/mol. The molecule has 1 saturated heterocycles. The van der Waals surface area contributed by atoms with Crippen molar-refractivity contribution in [1.82, 2.24) is 10.3 Å². The van der Waals surface area contributed by atoms with Gasteiger partial charge in [0, 0.05) is 25.2 Å². The first-order chi connectivity index (χ1) is 13.7. The molecule has 1 fully saturated rings. The third kappa shape index (κ3) is 7.05. The maximum absolute atomic E-state index is 12.2. The second-order valence-corrected chi connectivity index (χ2v) is 9.65. The van der Waals surface area contributed by atoms with Gasteiger partial charge in [-0.25, -0.2) is 9.59 Å². The van der Waals surface area contributed by atoms with Crippen LogP contribution in [0.1, 0.15) is 48.5 Å². The Morgan fingerprint density at radius 1 is 1.10 bits per heavy atom. The predicted molar refractivity (Wildman–Crippen MR) is 115 cm³/mol. The van der Waals surface area contributed by atoms with Gasteiger partial charge in [0.1, 0.15) is 11.2 Å². The molecule has 0 aliphatic carbocycles. The molecule has 3 atom stereocenters. The van der Waals surface area contributed by atoms with Gasteiger partial charge in [0.25, 0.3) is 0 Å². The highest BCUT2D eigenvalue weighted by molar-refractivity contribution is 5.89. The van der Waals surface area contributed by atoms with Crippen molar-refractivity contribution in [2.75, 3.05) is 23.3 Å². The number of amides is 2. The molecule has 2 heterocycles. The number of alkyl carbamates (subject to hydrolysis) is 1. The summed E-state index contributed by atoms with van der Waals surface area (Å²) in [6.07, 6.45) is 1.29. The summed E-state index contributed by atoms with van der Waals surface area (Å²) in [6, 6.07) is 1.24. The van der Waals surface area contributed by atoms with Crippen LogP contribution < -0.4 is 15.5 Å². The first-order valence-corrected chi connectivity index (χ1v) is 10.1. The van der Waals surface area contributed by atoms with Gasteiger partial charge >= 0.3 is 12.2 Å². The van der Waals surface area contributed by atoms with Gasteiger partial charge in [-0.05, 0) is 47.6 Å². The standard InChI is InChI=1S/C21H34N4O5/c1-13-11-25(12-15(17(13)26)24-19(28)30-21(5,6)7)16-8-9-22-10-14(16)23-18(27)29-20(2,3)4/h8-10,13,15,17,26H,11-12H2,1-7H3,(H,23,27)(H,24,28). The summed E-state index contributed by atoms with van der Waals surface area (Å²) < 4.78 is 10.7. The number of piperidine rings is 1. The molecule has 1 aromatic rings. The number of pyridine rings is 1. The summed E-state index contributed by atoms with van der Waals surface area (Å²) in [7, 11) is 0. The van der Waals surface area contributed by atoms with Crippen LogP contribution in [0.4, 0.5) is 21.0 Å². The van der Waals surface area contributed by atoms with Crippen LogP contribution in [0.25, 0.3) is 0 Å². The maximum Gasteiger partial charge on any atom is 0.412 e. The van der Waals surface area contributed by atoms with Crippen molar-refractivity contribution in [3.05, 3.63) is 18.5 Å². The van der Waals surface area contributed by atoms with Crippen LogP contribution >= 0.6 is 0 Å². The summed E-state index contributed by atoms with van der Waals surface area (Å²) in [4.78, 5) is 30.5. The average molecular weight is 423 g/mol. The van der Waals surface area contributed by atoms with Gasteiger partial charge in [0.05, 0.1) is 29.7 Å². The van der Waals surface area contributed by atoms with Crippen LogP contribution in [0.2, 0.25) is 0 Å². The van der Waals surface area contributed by atoms with Crippen LogP contribution in [-0.4, -0.2) is 58.7 Å². The number of rotatable bonds is 3. The van der Waals surface area contributed by atoms with Crippen molar-refractivity contribution >= 4 is 23.6 Å². The van der Waals surface area contributed by atoms with Crippen LogP contribution in [0.15, 0.2) is 18.5 Å². The predicted octanol–water partition coefficient (Wildman–Crippen LogP) is 3.14. The number of carbonyl (C=O) groups excluding carboxylic acids is 2. The largest absolute Gasteiger partial charge is 0.444 e. The Morgan fingerprint density at radius 3 is 2.30 bits per heavy atom. The monoisotopic (exact) mass is 422 g/mol. The van der Waals surface area contributed by atoms with Gasteiger partial charge in [-0.3, -0.25) is 10.3 Å². The molecule has 168 valence electrons. The van der Waals surface area contributed by atoms with Crippen LogP contribution in [-0.2, 0) is 9.47 Å². The number of nitrogens with one attached hydrogen (secondary N) is 2. The van der Waals surface area contributed by atoms with E-state index in [1.54, 1.807) is 60.0 Å². The molecule has 9 nitrogen and oxygen atoms in total. The summed E-state index contributed by atoms with van der Waals surface area (Å²) in [5.74, 6) is -0.124. The van der Waals surface area contributed by atoms with E-state index < -0.39 is 35.5 Å². The number of aliphatic hydroxyl groups is 1. The number of nitrogens with zero attached hydrogens (tertiary/aromatic N) is 2. The van der Waals surface area contributed by atoms with Gasteiger partial charge in [-0.1, -0.05) is 6.92 Å². The molecule has 30 heavy (non-hydrogen) atoms. The fourth-order valence-corrected chi connectivity index (χ4v) is 3.23. The van der Waals surface area contributed by atoms with E-state index in [2.05, 4.69) is 15.6 Å². The Kier molecular flexibility index (Phi) is 7.18. The molecule has 0 radical (unpaired) electrons. The van der Waals surface area contributed by atoms with E-state index in [0.717, 1.165) is 5.69 Å². The van der Waals surface area contributed by atoms with E-state index in [0.29, 0.717) is 18.8 Å². The highest BCUT2D eigenvalue weighted by atomic mass is 16.6. The zero-order valence-electron chi connectivity index (χ0n) is 18.9. The summed E-state index contributed by atoms with van der Waals surface area (Å²) >= 11 is 0. The van der Waals surface area contributed by atoms with E-state index >= 15 is 0 Å².